The number of thiophene rings is 2. The van der Waals surface area contributed by atoms with Crippen molar-refractivity contribution in [3.63, 3.8) is 0 Å². The summed E-state index contributed by atoms with van der Waals surface area (Å²) in [5.41, 5.74) is 10.00. The van der Waals surface area contributed by atoms with Gasteiger partial charge in [-0.3, -0.25) is 0 Å². The molecule has 12 rings (SSSR count). The van der Waals surface area contributed by atoms with Gasteiger partial charge < -0.3 is 0 Å². The van der Waals surface area contributed by atoms with Crippen molar-refractivity contribution in [1.29, 1.82) is 0 Å². The van der Waals surface area contributed by atoms with Gasteiger partial charge in [0.15, 0.2) is 0 Å². The van der Waals surface area contributed by atoms with Crippen molar-refractivity contribution < 1.29 is 0 Å². The van der Waals surface area contributed by atoms with Crippen LogP contribution in [-0.4, -0.2) is 13.3 Å². The average molecular weight is 898 g/mol. The van der Waals surface area contributed by atoms with E-state index in [1.807, 2.05) is 22.7 Å². The van der Waals surface area contributed by atoms with Gasteiger partial charge in [-0.2, -0.15) is 0 Å². The summed E-state index contributed by atoms with van der Waals surface area (Å²) in [4.78, 5) is 0. The average Bonchev–Trinajstić information content (AvgIpc) is 3.95. The van der Waals surface area contributed by atoms with Crippen LogP contribution in [0.4, 0.5) is 0 Å². The van der Waals surface area contributed by atoms with Crippen LogP contribution in [0.5, 0.6) is 0 Å². The van der Waals surface area contributed by atoms with E-state index in [2.05, 4.69) is 243 Å². The molecule has 63 heavy (non-hydrogen) atoms. The fourth-order valence-electron chi connectivity index (χ4n) is 9.84. The molecule has 2 heterocycles. The van der Waals surface area contributed by atoms with Crippen molar-refractivity contribution in [3.8, 4) is 44.5 Å². The quantitative estimate of drug-likeness (QED) is 0.133. The molecule has 0 aliphatic rings. The van der Waals surface area contributed by atoms with Crippen molar-refractivity contribution in [2.45, 2.75) is 0 Å². The summed E-state index contributed by atoms with van der Waals surface area (Å²) >= 11 is 0.0342. The van der Waals surface area contributed by atoms with E-state index in [0.29, 0.717) is 0 Å². The van der Waals surface area contributed by atoms with Crippen LogP contribution >= 0.6 is 22.7 Å². The van der Waals surface area contributed by atoms with Crippen molar-refractivity contribution in [3.05, 3.63) is 243 Å². The Balaban J connectivity index is 1.07. The molecule has 0 spiro atoms. The third kappa shape index (κ3) is 6.48. The van der Waals surface area contributed by atoms with E-state index in [4.69, 9.17) is 0 Å². The molecule has 0 unspecified atom stereocenters. The van der Waals surface area contributed by atoms with Gasteiger partial charge in [0.2, 0.25) is 0 Å². The topological polar surface area (TPSA) is 0 Å². The Hall–Kier alpha value is -6.82. The van der Waals surface area contributed by atoms with Crippen LogP contribution in [0, 0.1) is 0 Å². The molecule has 0 bridgehead atoms. The van der Waals surface area contributed by atoms with Gasteiger partial charge in [0.1, 0.15) is 0 Å². The maximum absolute atomic E-state index is 3.76. The Morgan fingerprint density at radius 3 is 0.905 bits per heavy atom. The molecule has 0 aliphatic heterocycles. The van der Waals surface area contributed by atoms with Crippen LogP contribution in [0.25, 0.3) is 84.9 Å². The van der Waals surface area contributed by atoms with E-state index in [-0.39, 0.29) is 0 Å². The first-order valence-corrected chi connectivity index (χ1v) is 27.4. The molecule has 0 radical (unpaired) electrons. The summed E-state index contributed by atoms with van der Waals surface area (Å²) in [6.45, 7) is 0. The SMILES string of the molecule is c1ccc(-c2cc[c]([Ge]([c]3ccc(-c4ccccc4)cc3)([c]3ccc(-c4cccc5c4sc4ccccc45)cc3)[c]3ccc(-c4cccc5c4sc4ccccc45)cc3)cc2)cc1. The molecule has 0 fully saturated rings. The van der Waals surface area contributed by atoms with E-state index >= 15 is 0 Å². The first-order chi connectivity index (χ1) is 31.2. The van der Waals surface area contributed by atoms with Crippen molar-refractivity contribution in [1.82, 2.24) is 0 Å². The molecule has 0 amide bonds. The third-order valence-corrected chi connectivity index (χ3v) is 25.4. The fraction of sp³-hybridized carbons (Fsp3) is 0. The van der Waals surface area contributed by atoms with E-state index in [0.717, 1.165) is 0 Å². The Morgan fingerprint density at radius 2 is 0.524 bits per heavy atom. The summed E-state index contributed by atoms with van der Waals surface area (Å²) in [7, 11) is 0. The van der Waals surface area contributed by atoms with Gasteiger partial charge in [-0.25, -0.2) is 0 Å². The van der Waals surface area contributed by atoms with Crippen LogP contribution < -0.4 is 17.6 Å². The maximum atomic E-state index is 2.46. The molecule has 0 atom stereocenters. The van der Waals surface area contributed by atoms with Crippen molar-refractivity contribution in [2.24, 2.45) is 0 Å². The molecule has 0 nitrogen and oxygen atoms in total. The second kappa shape index (κ2) is 15.8. The predicted octanol–water partition coefficient (Wildman–Crippen LogP) is 14.5. The van der Waals surface area contributed by atoms with E-state index in [1.165, 1.54) is 102 Å². The third-order valence-electron chi connectivity index (χ3n) is 12.9. The minimum atomic E-state index is -3.76. The molecule has 0 aliphatic carbocycles. The van der Waals surface area contributed by atoms with Gasteiger partial charge >= 0.3 is 381 Å². The van der Waals surface area contributed by atoms with Crippen molar-refractivity contribution >= 4 is 93.9 Å². The molecule has 3 heteroatoms. The fourth-order valence-corrected chi connectivity index (χ4v) is 22.1. The molecule has 296 valence electrons. The molecular weight excluding hydrogens is 857 g/mol. The number of hydrogen-bond acceptors (Lipinski definition) is 2. The molecule has 2 aromatic heterocycles. The predicted molar refractivity (Wildman–Crippen MR) is 278 cm³/mol. The first kappa shape index (κ1) is 37.9. The number of fused-ring (bicyclic) bond motifs is 6. The van der Waals surface area contributed by atoms with Gasteiger partial charge in [0.25, 0.3) is 0 Å². The molecule has 10 aromatic carbocycles. The Labute approximate surface area is 378 Å². The molecular formula is C60H40GeS2. The standard InChI is InChI=1S/C60H40GeS2/c1-3-13-41(14-4-1)43-25-33-47(34-26-43)61(48-35-27-44(28-36-48)42-15-5-2-6-16-42,49-37-29-45(30-38-49)51-19-11-21-55-53-17-7-9-23-57(53)62-59(51)55)50-39-31-46(32-40-50)52-20-12-22-56-54-18-8-10-24-58(54)63-60(52)56/h1-40H. The minimum absolute atomic E-state index is 1.23. The Morgan fingerprint density at radius 1 is 0.222 bits per heavy atom. The monoisotopic (exact) mass is 898 g/mol. The van der Waals surface area contributed by atoms with Gasteiger partial charge in [-0.1, -0.05) is 0 Å². The van der Waals surface area contributed by atoms with Gasteiger partial charge in [-0.05, 0) is 0 Å². The number of rotatable bonds is 8. The van der Waals surface area contributed by atoms with E-state index < -0.39 is 13.3 Å². The van der Waals surface area contributed by atoms with E-state index in [9.17, 15) is 0 Å². The van der Waals surface area contributed by atoms with Crippen LogP contribution in [0.3, 0.4) is 0 Å². The second-order valence-corrected chi connectivity index (χ2v) is 26.4. The first-order valence-electron chi connectivity index (χ1n) is 21.6. The number of hydrogen-bond donors (Lipinski definition) is 0. The molecule has 12 aromatic rings. The Bertz CT molecular complexity index is 3320. The summed E-state index contributed by atoms with van der Waals surface area (Å²) in [5, 5.41) is 5.31. The zero-order valence-corrected chi connectivity index (χ0v) is 38.1. The zero-order chi connectivity index (χ0) is 41.7. The summed E-state index contributed by atoms with van der Waals surface area (Å²) < 4.78 is 11.0. The summed E-state index contributed by atoms with van der Waals surface area (Å²) in [6, 6.07) is 91.2. The van der Waals surface area contributed by atoms with Gasteiger partial charge in [-0.15, -0.1) is 0 Å². The second-order valence-electron chi connectivity index (χ2n) is 16.4. The molecule has 0 saturated carbocycles. The normalized spacial score (nSPS) is 11.8. The van der Waals surface area contributed by atoms with Crippen LogP contribution in [0.15, 0.2) is 243 Å². The van der Waals surface area contributed by atoms with Crippen molar-refractivity contribution in [2.75, 3.05) is 0 Å². The molecule has 0 N–H and O–H groups in total. The van der Waals surface area contributed by atoms with Crippen LogP contribution in [0.1, 0.15) is 0 Å². The summed E-state index contributed by atoms with van der Waals surface area (Å²) in [5.74, 6) is 0. The van der Waals surface area contributed by atoms with Gasteiger partial charge in [0.05, 0.1) is 0 Å². The van der Waals surface area contributed by atoms with E-state index in [1.54, 1.807) is 0 Å². The number of benzene rings is 10. The van der Waals surface area contributed by atoms with Crippen LogP contribution in [-0.2, 0) is 0 Å². The molecule has 0 saturated heterocycles. The van der Waals surface area contributed by atoms with Gasteiger partial charge in [0, 0.05) is 0 Å². The Kier molecular flexibility index (Phi) is 9.52. The van der Waals surface area contributed by atoms with Crippen LogP contribution in [0.2, 0.25) is 0 Å². The summed E-state index contributed by atoms with van der Waals surface area (Å²) in [6.07, 6.45) is 0. The zero-order valence-electron chi connectivity index (χ0n) is 34.4.